The summed E-state index contributed by atoms with van der Waals surface area (Å²) in [7, 11) is 0. The third-order valence-electron chi connectivity index (χ3n) is 9.92. The molecule has 5 nitrogen and oxygen atoms in total. The number of fused-ring (bicyclic) bond motifs is 4. The highest BCUT2D eigenvalue weighted by molar-refractivity contribution is 5.99. The van der Waals surface area contributed by atoms with Crippen LogP contribution in [0.1, 0.15) is 88.8 Å². The van der Waals surface area contributed by atoms with Crippen LogP contribution in [0, 0.1) is 5.92 Å². The third-order valence-corrected chi connectivity index (χ3v) is 9.92. The predicted octanol–water partition coefficient (Wildman–Crippen LogP) is 5.02. The Morgan fingerprint density at radius 2 is 1.66 bits per heavy atom. The average Bonchev–Trinajstić information content (AvgIpc) is 2.97. The highest BCUT2D eigenvalue weighted by Crippen LogP contribution is 2.48. The minimum atomic E-state index is -0.858. The summed E-state index contributed by atoms with van der Waals surface area (Å²) in [6, 6.07) is 10.9. The molecule has 0 amide bonds. The lowest BCUT2D eigenvalue weighted by Gasteiger charge is -2.39. The minimum absolute atomic E-state index is 0.401. The van der Waals surface area contributed by atoms with Crippen molar-refractivity contribution in [1.82, 2.24) is 4.58 Å². The molecule has 3 aromatic rings. The number of carbonyl (C=O) groups is 1. The monoisotopic (exact) mass is 547 g/mol. The van der Waals surface area contributed by atoms with Crippen LogP contribution in [0.4, 0.5) is 5.69 Å². The Labute approximate surface area is 241 Å². The van der Waals surface area contributed by atoms with Gasteiger partial charge in [0.15, 0.2) is 0 Å². The summed E-state index contributed by atoms with van der Waals surface area (Å²) in [6.45, 7) is 8.81. The first kappa shape index (κ1) is 25.1. The van der Waals surface area contributed by atoms with Crippen molar-refractivity contribution in [3.8, 4) is 11.5 Å². The maximum Gasteiger partial charge on any atom is 0.336 e. The summed E-state index contributed by atoms with van der Waals surface area (Å²) in [5, 5.41) is 13.0. The van der Waals surface area contributed by atoms with Crippen molar-refractivity contribution in [2.45, 2.75) is 71.6 Å². The number of anilines is 1. The van der Waals surface area contributed by atoms with Gasteiger partial charge in [-0.2, -0.15) is 0 Å². The van der Waals surface area contributed by atoms with Gasteiger partial charge in [0.05, 0.1) is 11.1 Å². The summed E-state index contributed by atoms with van der Waals surface area (Å²) < 4.78 is 9.69. The highest BCUT2D eigenvalue weighted by Gasteiger charge is 2.36. The molecule has 8 rings (SSSR count). The van der Waals surface area contributed by atoms with E-state index in [1.807, 2.05) is 6.07 Å². The van der Waals surface area contributed by atoms with Crippen molar-refractivity contribution in [1.29, 1.82) is 0 Å². The zero-order chi connectivity index (χ0) is 27.8. The SMILES string of the molecule is CC(C)Cc1ccc(C2=c3cc4c5c(c3Oc3c2cc2c6c3CCCN6CCC2)CCC[N+]=5CCC4)c(C(=O)O)c1. The Morgan fingerprint density at radius 1 is 0.902 bits per heavy atom. The van der Waals surface area contributed by atoms with E-state index < -0.39 is 5.97 Å². The predicted molar refractivity (Wildman–Crippen MR) is 162 cm³/mol. The number of ether oxygens (including phenoxy) is 1. The Balaban J connectivity index is 1.50. The number of aryl methyl sites for hydroxylation is 2. The van der Waals surface area contributed by atoms with E-state index in [-0.39, 0.29) is 0 Å². The van der Waals surface area contributed by atoms with Crippen molar-refractivity contribution < 1.29 is 14.6 Å². The quantitative estimate of drug-likeness (QED) is 0.365. The molecule has 0 atom stereocenters. The second kappa shape index (κ2) is 9.47. The average molecular weight is 548 g/mol. The molecule has 0 bridgehead atoms. The maximum absolute atomic E-state index is 12.9. The molecule has 5 aliphatic rings. The van der Waals surface area contributed by atoms with Gasteiger partial charge in [-0.3, -0.25) is 0 Å². The summed E-state index contributed by atoms with van der Waals surface area (Å²) in [5.74, 6) is 1.56. The van der Waals surface area contributed by atoms with E-state index >= 15 is 0 Å². The van der Waals surface area contributed by atoms with Gasteiger partial charge in [-0.1, -0.05) is 26.0 Å². The van der Waals surface area contributed by atoms with Gasteiger partial charge in [-0.15, -0.1) is 0 Å². The van der Waals surface area contributed by atoms with Crippen molar-refractivity contribution in [2.75, 3.05) is 31.1 Å². The molecular formula is C36H39N2O3+. The Kier molecular flexibility index (Phi) is 5.81. The first-order chi connectivity index (χ1) is 20.0. The van der Waals surface area contributed by atoms with E-state index in [4.69, 9.17) is 4.74 Å². The van der Waals surface area contributed by atoms with Crippen LogP contribution >= 0.6 is 0 Å². The van der Waals surface area contributed by atoms with Gasteiger partial charge >= 0.3 is 5.97 Å². The second-order valence-electron chi connectivity index (χ2n) is 13.1. The molecule has 0 unspecified atom stereocenters. The van der Waals surface area contributed by atoms with Gasteiger partial charge in [0, 0.05) is 59.1 Å². The summed E-state index contributed by atoms with van der Waals surface area (Å²) in [5.41, 5.74) is 11.3. The van der Waals surface area contributed by atoms with Crippen LogP contribution < -0.4 is 24.8 Å². The molecular weight excluding hydrogens is 508 g/mol. The molecule has 0 aromatic heterocycles. The van der Waals surface area contributed by atoms with E-state index in [9.17, 15) is 9.90 Å². The highest BCUT2D eigenvalue weighted by atomic mass is 16.5. The molecule has 5 aliphatic heterocycles. The molecule has 41 heavy (non-hydrogen) atoms. The normalized spacial score (nSPS) is 18.4. The van der Waals surface area contributed by atoms with Gasteiger partial charge < -0.3 is 14.7 Å². The van der Waals surface area contributed by atoms with Crippen LogP contribution in [0.3, 0.4) is 0 Å². The van der Waals surface area contributed by atoms with Crippen molar-refractivity contribution >= 4 is 17.2 Å². The van der Waals surface area contributed by atoms with E-state index in [2.05, 4.69) is 47.6 Å². The number of aromatic carboxylic acids is 1. The minimum Gasteiger partial charge on any atom is -0.478 e. The standard InChI is InChI=1S/C36H38N2O3/c1-21(2)17-22-11-12-25(28(18-22)36(39)40)31-29-19-23-7-3-13-37-15-5-9-26(32(23)37)34(29)41-35-27-10-6-16-38-14-4-8-24(33(27)38)20-30(31)35/h11-12,18-21H,3-10,13-17H2,1-2H3/p+1. The first-order valence-electron chi connectivity index (χ1n) is 15.8. The lowest BCUT2D eigenvalue weighted by molar-refractivity contribution is 0.0696. The van der Waals surface area contributed by atoms with Crippen LogP contribution in [0.5, 0.6) is 11.5 Å². The van der Waals surface area contributed by atoms with E-state index in [0.717, 1.165) is 123 Å². The van der Waals surface area contributed by atoms with Gasteiger partial charge in [0.1, 0.15) is 24.6 Å². The van der Waals surface area contributed by atoms with Crippen LogP contribution in [0.15, 0.2) is 30.3 Å². The number of carboxylic acids is 1. The molecule has 0 saturated carbocycles. The number of hydrogen-bond donors (Lipinski definition) is 1. The topological polar surface area (TPSA) is 52.8 Å². The largest absolute Gasteiger partial charge is 0.478 e. The zero-order valence-electron chi connectivity index (χ0n) is 24.3. The fraction of sp³-hybridized carbons (Fsp3) is 0.444. The lowest BCUT2D eigenvalue weighted by atomic mass is 9.81. The summed E-state index contributed by atoms with van der Waals surface area (Å²) in [4.78, 5) is 15.5. The van der Waals surface area contributed by atoms with E-state index in [1.165, 1.54) is 33.3 Å². The molecule has 210 valence electrons. The third kappa shape index (κ3) is 3.88. The number of hydrogen-bond acceptors (Lipinski definition) is 3. The molecule has 0 radical (unpaired) electrons. The van der Waals surface area contributed by atoms with Gasteiger partial charge in [-0.05, 0) is 85.8 Å². The molecule has 0 spiro atoms. The molecule has 0 aliphatic carbocycles. The van der Waals surface area contributed by atoms with Gasteiger partial charge in [0.2, 0.25) is 5.36 Å². The molecule has 1 N–H and O–H groups in total. The Hall–Kier alpha value is -3.60. The number of rotatable bonds is 4. The van der Waals surface area contributed by atoms with Crippen molar-refractivity contribution in [2.24, 2.45) is 5.92 Å². The van der Waals surface area contributed by atoms with Crippen LogP contribution in [0.2, 0.25) is 0 Å². The molecule has 0 fully saturated rings. The number of carboxylic acid groups (broad SMARTS) is 1. The van der Waals surface area contributed by atoms with Crippen LogP contribution in [0.25, 0.3) is 5.57 Å². The van der Waals surface area contributed by atoms with E-state index in [0.29, 0.717) is 11.5 Å². The zero-order valence-corrected chi connectivity index (χ0v) is 24.3. The Morgan fingerprint density at radius 3 is 2.46 bits per heavy atom. The molecule has 0 saturated heterocycles. The molecule has 5 heteroatoms. The maximum atomic E-state index is 12.9. The summed E-state index contributed by atoms with van der Waals surface area (Å²) >= 11 is 0. The Bertz CT molecular complexity index is 1760. The molecule has 3 aromatic carbocycles. The molecule has 5 heterocycles. The van der Waals surface area contributed by atoms with Crippen LogP contribution in [-0.2, 0) is 32.1 Å². The summed E-state index contributed by atoms with van der Waals surface area (Å²) in [6.07, 6.45) is 9.60. The van der Waals surface area contributed by atoms with Crippen LogP contribution in [-0.4, -0.2) is 37.3 Å². The second-order valence-corrected chi connectivity index (χ2v) is 13.1. The number of nitrogens with zero attached hydrogens (tertiary/aromatic N) is 2. The first-order valence-corrected chi connectivity index (χ1v) is 15.8. The number of benzene rings is 3. The smallest absolute Gasteiger partial charge is 0.336 e. The fourth-order valence-corrected chi connectivity index (χ4v) is 8.39. The lowest BCUT2D eigenvalue weighted by Crippen LogP contribution is -2.45. The van der Waals surface area contributed by atoms with Crippen molar-refractivity contribution in [3.63, 3.8) is 0 Å². The van der Waals surface area contributed by atoms with Gasteiger partial charge in [-0.25, -0.2) is 9.37 Å². The van der Waals surface area contributed by atoms with Gasteiger partial charge in [0.25, 0.3) is 0 Å². The van der Waals surface area contributed by atoms with Crippen molar-refractivity contribution in [3.05, 3.63) is 85.4 Å². The van der Waals surface area contributed by atoms with E-state index in [1.54, 1.807) is 0 Å². The fourth-order valence-electron chi connectivity index (χ4n) is 8.39.